The summed E-state index contributed by atoms with van der Waals surface area (Å²) in [4.78, 5) is 4.50. The van der Waals surface area contributed by atoms with E-state index in [1.54, 1.807) is 0 Å². The normalized spacial score (nSPS) is 21.4. The molecule has 0 N–H and O–H groups in total. The summed E-state index contributed by atoms with van der Waals surface area (Å²) in [5, 5.41) is 0. The summed E-state index contributed by atoms with van der Waals surface area (Å²) in [7, 11) is 0. The summed E-state index contributed by atoms with van der Waals surface area (Å²) in [6.07, 6.45) is 0.198. The number of alkyl halides is 1. The first kappa shape index (κ1) is 12.9. The molecule has 1 aliphatic rings. The van der Waals surface area contributed by atoms with Crippen molar-refractivity contribution in [3.63, 3.8) is 0 Å². The Hall–Kier alpha value is -2.16. The number of fused-ring (bicyclic) bond motifs is 1. The molecule has 1 aliphatic heterocycles. The van der Waals surface area contributed by atoms with Gasteiger partial charge in [0.2, 0.25) is 5.90 Å². The van der Waals surface area contributed by atoms with E-state index >= 15 is 0 Å². The molecule has 20 heavy (non-hydrogen) atoms. The number of hydrogen-bond donors (Lipinski definition) is 0. The summed E-state index contributed by atoms with van der Waals surface area (Å²) in [5.74, 6) is -1.42. The quantitative estimate of drug-likeness (QED) is 0.755. The molecule has 0 amide bonds. The van der Waals surface area contributed by atoms with Crippen LogP contribution in [0.5, 0.6) is 0 Å². The Morgan fingerprint density at radius 1 is 1.15 bits per heavy atom. The zero-order valence-electron chi connectivity index (χ0n) is 11.6. The lowest BCUT2D eigenvalue weighted by Crippen LogP contribution is -2.28. The molecule has 1 heterocycles. The van der Waals surface area contributed by atoms with Gasteiger partial charge in [0.25, 0.3) is 5.85 Å². The van der Waals surface area contributed by atoms with Gasteiger partial charge in [0, 0.05) is 18.9 Å². The van der Waals surface area contributed by atoms with Crippen molar-refractivity contribution in [2.24, 2.45) is 4.99 Å². The van der Waals surface area contributed by atoms with Crippen molar-refractivity contribution < 1.29 is 9.13 Å². The molecule has 102 valence electrons. The maximum Gasteiger partial charge on any atom is 0.251 e. The summed E-state index contributed by atoms with van der Waals surface area (Å²) in [6.45, 7) is 3.44. The molecule has 1 atom stereocenters. The lowest BCUT2D eigenvalue weighted by Gasteiger charge is -2.20. The third-order valence-electron chi connectivity index (χ3n) is 3.29. The monoisotopic (exact) mass is 269 g/mol. The fourth-order valence-electron chi connectivity index (χ4n) is 2.38. The molecule has 0 saturated heterocycles. The van der Waals surface area contributed by atoms with Crippen molar-refractivity contribution >= 4 is 11.6 Å². The number of halogens is 1. The second-order valence-electron chi connectivity index (χ2n) is 5.30. The van der Waals surface area contributed by atoms with E-state index in [2.05, 4.69) is 4.99 Å². The van der Waals surface area contributed by atoms with Crippen molar-refractivity contribution in [3.8, 4) is 0 Å². The van der Waals surface area contributed by atoms with Crippen LogP contribution >= 0.6 is 0 Å². The van der Waals surface area contributed by atoms with E-state index < -0.39 is 5.85 Å². The average molecular weight is 269 g/mol. The Kier molecular flexibility index (Phi) is 3.05. The predicted molar refractivity (Wildman–Crippen MR) is 78.1 cm³/mol. The summed E-state index contributed by atoms with van der Waals surface area (Å²) < 4.78 is 20.1. The molecule has 0 aromatic heterocycles. The van der Waals surface area contributed by atoms with Gasteiger partial charge in [0.05, 0.1) is 5.69 Å². The molecule has 0 bridgehead atoms. The molecule has 0 saturated carbocycles. The molecule has 2 aromatic carbocycles. The van der Waals surface area contributed by atoms with E-state index in [1.807, 2.05) is 55.5 Å². The molecule has 2 nitrogen and oxygen atoms in total. The van der Waals surface area contributed by atoms with Gasteiger partial charge in [-0.1, -0.05) is 35.9 Å². The van der Waals surface area contributed by atoms with Crippen LogP contribution in [0.25, 0.3) is 0 Å². The van der Waals surface area contributed by atoms with E-state index in [1.165, 1.54) is 6.92 Å². The minimum Gasteiger partial charge on any atom is -0.440 e. The number of hydrogen-bond acceptors (Lipinski definition) is 2. The third-order valence-corrected chi connectivity index (χ3v) is 3.29. The zero-order valence-corrected chi connectivity index (χ0v) is 11.6. The summed E-state index contributed by atoms with van der Waals surface area (Å²) >= 11 is 0. The van der Waals surface area contributed by atoms with Gasteiger partial charge in [-0.15, -0.1) is 0 Å². The Balaban J connectivity index is 2.13. The minimum atomic E-state index is -1.76. The second-order valence-corrected chi connectivity index (χ2v) is 5.30. The number of benzene rings is 2. The van der Waals surface area contributed by atoms with Gasteiger partial charge in [-0.2, -0.15) is 4.39 Å². The van der Waals surface area contributed by atoms with Crippen LogP contribution in [0.2, 0.25) is 0 Å². The highest BCUT2D eigenvalue weighted by molar-refractivity contribution is 5.96. The van der Waals surface area contributed by atoms with Gasteiger partial charge in [-0.25, -0.2) is 4.99 Å². The van der Waals surface area contributed by atoms with Gasteiger partial charge >= 0.3 is 0 Å². The first-order valence-corrected chi connectivity index (χ1v) is 6.65. The highest BCUT2D eigenvalue weighted by Gasteiger charge is 2.31. The van der Waals surface area contributed by atoms with Gasteiger partial charge in [-0.05, 0) is 30.7 Å². The van der Waals surface area contributed by atoms with Crippen LogP contribution in [0, 0.1) is 6.92 Å². The third kappa shape index (κ3) is 2.57. The molecular formula is C17H16FNO. The Morgan fingerprint density at radius 2 is 1.90 bits per heavy atom. The molecule has 3 rings (SSSR count). The summed E-state index contributed by atoms with van der Waals surface area (Å²) in [5.41, 5.74) is 3.53. The zero-order chi connectivity index (χ0) is 14.2. The first-order chi connectivity index (χ1) is 9.53. The van der Waals surface area contributed by atoms with Crippen LogP contribution in [-0.4, -0.2) is 11.8 Å². The van der Waals surface area contributed by atoms with Crippen LogP contribution in [0.1, 0.15) is 23.6 Å². The van der Waals surface area contributed by atoms with Gasteiger partial charge in [0.1, 0.15) is 0 Å². The standard InChI is InChI=1S/C17H16FNO/c1-12-8-9-15-14(10-12)11-17(2,18)20-16(19-15)13-6-4-3-5-7-13/h3-10H,11H2,1-2H3/t17-/m1/s1. The lowest BCUT2D eigenvalue weighted by atomic mass is 10.0. The fraction of sp³-hybridized carbons (Fsp3) is 0.235. The van der Waals surface area contributed by atoms with E-state index in [0.29, 0.717) is 5.90 Å². The van der Waals surface area contributed by atoms with Crippen molar-refractivity contribution in [2.75, 3.05) is 0 Å². The number of aryl methyl sites for hydroxylation is 1. The highest BCUT2D eigenvalue weighted by Crippen LogP contribution is 2.32. The molecule has 0 spiro atoms. The Labute approximate surface area is 117 Å². The Morgan fingerprint density at radius 3 is 2.65 bits per heavy atom. The predicted octanol–water partition coefficient (Wildman–Crippen LogP) is 4.33. The van der Waals surface area contributed by atoms with Gasteiger partial charge in [-0.3, -0.25) is 0 Å². The van der Waals surface area contributed by atoms with E-state index in [0.717, 1.165) is 22.4 Å². The van der Waals surface area contributed by atoms with Gasteiger partial charge < -0.3 is 4.74 Å². The molecular weight excluding hydrogens is 253 g/mol. The number of rotatable bonds is 1. The summed E-state index contributed by atoms with van der Waals surface area (Å²) in [6, 6.07) is 15.3. The second kappa shape index (κ2) is 4.75. The van der Waals surface area contributed by atoms with Crippen molar-refractivity contribution in [1.82, 2.24) is 0 Å². The average Bonchev–Trinajstić information content (AvgIpc) is 2.54. The SMILES string of the molecule is Cc1ccc2c(c1)C[C@](C)(F)OC(c1ccccc1)=N2. The Bertz CT molecular complexity index is 662. The smallest absolute Gasteiger partial charge is 0.251 e. The number of nitrogens with zero attached hydrogens (tertiary/aromatic N) is 1. The number of aliphatic imine (C=N–C) groups is 1. The largest absolute Gasteiger partial charge is 0.440 e. The fourth-order valence-corrected chi connectivity index (χ4v) is 2.38. The molecule has 0 unspecified atom stereocenters. The molecule has 0 radical (unpaired) electrons. The van der Waals surface area contributed by atoms with E-state index in [9.17, 15) is 4.39 Å². The maximum absolute atomic E-state index is 14.6. The highest BCUT2D eigenvalue weighted by atomic mass is 19.2. The van der Waals surface area contributed by atoms with Crippen LogP contribution in [0.4, 0.5) is 10.1 Å². The van der Waals surface area contributed by atoms with Gasteiger partial charge in [0.15, 0.2) is 0 Å². The van der Waals surface area contributed by atoms with Crippen molar-refractivity contribution in [1.29, 1.82) is 0 Å². The number of ether oxygens (including phenoxy) is 1. The molecule has 0 aliphatic carbocycles. The molecule has 2 aromatic rings. The van der Waals surface area contributed by atoms with E-state index in [-0.39, 0.29) is 6.42 Å². The maximum atomic E-state index is 14.6. The topological polar surface area (TPSA) is 21.6 Å². The van der Waals surface area contributed by atoms with Crippen molar-refractivity contribution in [3.05, 3.63) is 65.2 Å². The first-order valence-electron chi connectivity index (χ1n) is 6.65. The van der Waals surface area contributed by atoms with Crippen LogP contribution in [0.3, 0.4) is 0 Å². The molecule has 0 fully saturated rings. The van der Waals surface area contributed by atoms with Crippen LogP contribution in [-0.2, 0) is 11.2 Å². The van der Waals surface area contributed by atoms with Crippen LogP contribution < -0.4 is 0 Å². The van der Waals surface area contributed by atoms with E-state index in [4.69, 9.17) is 4.74 Å². The molecule has 3 heteroatoms. The van der Waals surface area contributed by atoms with Crippen LogP contribution in [0.15, 0.2) is 53.5 Å². The van der Waals surface area contributed by atoms with Crippen molar-refractivity contribution in [2.45, 2.75) is 26.1 Å². The lowest BCUT2D eigenvalue weighted by molar-refractivity contribution is -0.0528. The minimum absolute atomic E-state index is 0.198.